The molecule has 0 bridgehead atoms. The minimum Gasteiger partial charge on any atom is -0.465 e. The summed E-state index contributed by atoms with van der Waals surface area (Å²) >= 11 is 6.19. The van der Waals surface area contributed by atoms with Crippen molar-refractivity contribution >= 4 is 35.0 Å². The van der Waals surface area contributed by atoms with E-state index in [-0.39, 0.29) is 5.91 Å². The van der Waals surface area contributed by atoms with Crippen molar-refractivity contribution in [1.82, 2.24) is 9.88 Å². The van der Waals surface area contributed by atoms with Crippen LogP contribution in [0.5, 0.6) is 0 Å². The van der Waals surface area contributed by atoms with E-state index in [9.17, 15) is 9.59 Å². The van der Waals surface area contributed by atoms with Crippen LogP contribution in [-0.4, -0.2) is 42.0 Å². The zero-order valence-corrected chi connectivity index (χ0v) is 16.1. The van der Waals surface area contributed by atoms with Crippen molar-refractivity contribution in [3.8, 4) is 0 Å². The molecule has 0 radical (unpaired) electrons. The molecule has 1 aliphatic heterocycles. The molecule has 3 rings (SSSR count). The molecule has 0 atom stereocenters. The Balaban J connectivity index is 1.71. The number of ether oxygens (including phenoxy) is 1. The number of halogens is 1. The summed E-state index contributed by atoms with van der Waals surface area (Å²) < 4.78 is 4.72. The van der Waals surface area contributed by atoms with Crippen LogP contribution >= 0.6 is 11.6 Å². The number of hydrogen-bond acceptors (Lipinski definition) is 5. The van der Waals surface area contributed by atoms with Crippen molar-refractivity contribution in [1.29, 1.82) is 0 Å². The van der Waals surface area contributed by atoms with Gasteiger partial charge in [-0.1, -0.05) is 18.5 Å². The maximum absolute atomic E-state index is 12.6. The lowest BCUT2D eigenvalue weighted by Gasteiger charge is -2.30. The highest BCUT2D eigenvalue weighted by atomic mass is 35.5. The molecule has 0 spiro atoms. The van der Waals surface area contributed by atoms with Gasteiger partial charge in [0, 0.05) is 19.3 Å². The molecule has 0 saturated carbocycles. The van der Waals surface area contributed by atoms with Crippen LogP contribution in [0.25, 0.3) is 0 Å². The molecule has 27 heavy (non-hydrogen) atoms. The SMILES string of the molecule is COC(=O)c1ccc(Cl)c(Nc2ccc(C(=O)N3CCC(C)CC3)cn2)c1. The highest BCUT2D eigenvalue weighted by Gasteiger charge is 2.21. The first kappa shape index (κ1) is 19.2. The van der Waals surface area contributed by atoms with Crippen LogP contribution in [0.2, 0.25) is 5.02 Å². The fraction of sp³-hybridized carbons (Fsp3) is 0.350. The van der Waals surface area contributed by atoms with E-state index in [0.717, 1.165) is 25.9 Å². The van der Waals surface area contributed by atoms with E-state index in [1.165, 1.54) is 7.11 Å². The highest BCUT2D eigenvalue weighted by molar-refractivity contribution is 6.33. The summed E-state index contributed by atoms with van der Waals surface area (Å²) in [6.45, 7) is 3.79. The molecule has 1 fully saturated rings. The number of methoxy groups -OCH3 is 1. The van der Waals surface area contributed by atoms with Gasteiger partial charge in [-0.2, -0.15) is 0 Å². The molecular formula is C20H22ClN3O3. The summed E-state index contributed by atoms with van der Waals surface area (Å²) in [5, 5.41) is 3.52. The van der Waals surface area contributed by atoms with E-state index in [1.807, 2.05) is 4.90 Å². The normalized spacial score (nSPS) is 14.7. The Hall–Kier alpha value is -2.60. The molecule has 0 aliphatic carbocycles. The Morgan fingerprint density at radius 3 is 2.52 bits per heavy atom. The second kappa shape index (κ2) is 8.39. The number of carbonyl (C=O) groups is 2. The number of aromatic nitrogens is 1. The highest BCUT2D eigenvalue weighted by Crippen LogP contribution is 2.26. The summed E-state index contributed by atoms with van der Waals surface area (Å²) in [6, 6.07) is 8.28. The number of hydrogen-bond donors (Lipinski definition) is 1. The number of piperidine rings is 1. The Labute approximate surface area is 163 Å². The molecule has 1 aliphatic rings. The summed E-state index contributed by atoms with van der Waals surface area (Å²) in [6.07, 6.45) is 3.63. The predicted octanol–water partition coefficient (Wildman–Crippen LogP) is 4.14. The standard InChI is InChI=1S/C20H22ClN3O3/c1-13-7-9-24(10-8-13)19(25)15-4-6-18(22-12-15)23-17-11-14(20(26)27-2)3-5-16(17)21/h3-6,11-13H,7-10H2,1-2H3,(H,22,23). The minimum absolute atomic E-state index is 0.00618. The molecule has 1 amide bonds. The molecule has 2 heterocycles. The fourth-order valence-corrected chi connectivity index (χ4v) is 3.16. The van der Waals surface area contributed by atoms with Gasteiger partial charge in [0.2, 0.25) is 0 Å². The van der Waals surface area contributed by atoms with Crippen LogP contribution in [-0.2, 0) is 4.74 Å². The van der Waals surface area contributed by atoms with Gasteiger partial charge in [0.25, 0.3) is 5.91 Å². The van der Waals surface area contributed by atoms with Gasteiger partial charge in [-0.15, -0.1) is 0 Å². The Morgan fingerprint density at radius 2 is 1.89 bits per heavy atom. The van der Waals surface area contributed by atoms with E-state index in [4.69, 9.17) is 16.3 Å². The molecule has 2 aromatic rings. The van der Waals surface area contributed by atoms with Crippen molar-refractivity contribution in [2.75, 3.05) is 25.5 Å². The number of nitrogens with zero attached hydrogens (tertiary/aromatic N) is 2. The number of pyridine rings is 1. The average Bonchev–Trinajstić information content (AvgIpc) is 2.69. The lowest BCUT2D eigenvalue weighted by Crippen LogP contribution is -2.37. The van der Waals surface area contributed by atoms with Crippen LogP contribution in [0.4, 0.5) is 11.5 Å². The third-order valence-corrected chi connectivity index (χ3v) is 5.06. The zero-order valence-electron chi connectivity index (χ0n) is 15.4. The van der Waals surface area contributed by atoms with Crippen LogP contribution in [0.15, 0.2) is 36.5 Å². The largest absolute Gasteiger partial charge is 0.465 e. The molecule has 7 heteroatoms. The van der Waals surface area contributed by atoms with E-state index in [2.05, 4.69) is 17.2 Å². The van der Waals surface area contributed by atoms with Gasteiger partial charge in [-0.05, 0) is 49.1 Å². The van der Waals surface area contributed by atoms with E-state index >= 15 is 0 Å². The van der Waals surface area contributed by atoms with Gasteiger partial charge in [-0.3, -0.25) is 4.79 Å². The van der Waals surface area contributed by atoms with E-state index < -0.39 is 5.97 Å². The third-order valence-electron chi connectivity index (χ3n) is 4.73. The molecule has 1 aromatic carbocycles. The number of amides is 1. The molecule has 1 aromatic heterocycles. The molecule has 6 nitrogen and oxygen atoms in total. The van der Waals surface area contributed by atoms with Crippen LogP contribution in [0, 0.1) is 5.92 Å². The summed E-state index contributed by atoms with van der Waals surface area (Å²) in [5.74, 6) is 0.762. The number of esters is 1. The number of anilines is 2. The lowest BCUT2D eigenvalue weighted by molar-refractivity contribution is 0.0600. The number of carbonyl (C=O) groups excluding carboxylic acids is 2. The van der Waals surface area contributed by atoms with Crippen LogP contribution in [0.3, 0.4) is 0 Å². The third kappa shape index (κ3) is 4.57. The fourth-order valence-electron chi connectivity index (χ4n) is 2.99. The smallest absolute Gasteiger partial charge is 0.337 e. The quantitative estimate of drug-likeness (QED) is 0.798. The van der Waals surface area contributed by atoms with Crippen molar-refractivity contribution in [3.63, 3.8) is 0 Å². The van der Waals surface area contributed by atoms with E-state index in [1.54, 1.807) is 36.5 Å². The van der Waals surface area contributed by atoms with Gasteiger partial charge in [-0.25, -0.2) is 9.78 Å². The minimum atomic E-state index is -0.445. The van der Waals surface area contributed by atoms with Crippen molar-refractivity contribution in [2.24, 2.45) is 5.92 Å². The molecule has 0 unspecified atom stereocenters. The maximum Gasteiger partial charge on any atom is 0.337 e. The summed E-state index contributed by atoms with van der Waals surface area (Å²) in [5.41, 5.74) is 1.48. The van der Waals surface area contributed by atoms with Gasteiger partial charge in [0.05, 0.1) is 28.9 Å². The number of benzene rings is 1. The number of likely N-dealkylation sites (tertiary alicyclic amines) is 1. The summed E-state index contributed by atoms with van der Waals surface area (Å²) in [4.78, 5) is 30.4. The molecule has 1 saturated heterocycles. The Morgan fingerprint density at radius 1 is 1.19 bits per heavy atom. The van der Waals surface area contributed by atoms with Crippen molar-refractivity contribution < 1.29 is 14.3 Å². The van der Waals surface area contributed by atoms with Crippen LogP contribution < -0.4 is 5.32 Å². The molecule has 1 N–H and O–H groups in total. The number of rotatable bonds is 4. The molecular weight excluding hydrogens is 366 g/mol. The zero-order chi connectivity index (χ0) is 19.4. The molecule has 142 valence electrons. The summed E-state index contributed by atoms with van der Waals surface area (Å²) in [7, 11) is 1.32. The number of nitrogens with one attached hydrogen (secondary N) is 1. The van der Waals surface area contributed by atoms with Gasteiger partial charge >= 0.3 is 5.97 Å². The maximum atomic E-state index is 12.6. The van der Waals surface area contributed by atoms with Crippen molar-refractivity contribution in [2.45, 2.75) is 19.8 Å². The van der Waals surface area contributed by atoms with Crippen molar-refractivity contribution in [3.05, 3.63) is 52.7 Å². The second-order valence-corrected chi connectivity index (χ2v) is 7.13. The average molecular weight is 388 g/mol. The van der Waals surface area contributed by atoms with Gasteiger partial charge < -0.3 is 15.0 Å². The first-order valence-electron chi connectivity index (χ1n) is 8.88. The Kier molecular flexibility index (Phi) is 5.96. The monoisotopic (exact) mass is 387 g/mol. The van der Waals surface area contributed by atoms with Crippen LogP contribution in [0.1, 0.15) is 40.5 Å². The lowest BCUT2D eigenvalue weighted by atomic mass is 9.99. The van der Waals surface area contributed by atoms with Gasteiger partial charge in [0.15, 0.2) is 0 Å². The Bertz CT molecular complexity index is 831. The predicted molar refractivity (Wildman–Crippen MR) is 105 cm³/mol. The second-order valence-electron chi connectivity index (χ2n) is 6.72. The van der Waals surface area contributed by atoms with Gasteiger partial charge in [0.1, 0.15) is 5.82 Å². The van der Waals surface area contributed by atoms with E-state index in [0.29, 0.717) is 33.6 Å². The first-order valence-corrected chi connectivity index (χ1v) is 9.26. The first-order chi connectivity index (χ1) is 13.0. The topological polar surface area (TPSA) is 71.5 Å².